The largest absolute Gasteiger partial charge is 0.493 e. The van der Waals surface area contributed by atoms with E-state index in [0.717, 1.165) is 41.8 Å². The maximum atomic E-state index is 5.82. The number of aromatic nitrogens is 2. The highest BCUT2D eigenvalue weighted by Gasteiger charge is 2.34. The number of allylic oxidation sites excluding steroid dienone is 1. The summed E-state index contributed by atoms with van der Waals surface area (Å²) in [6.45, 7) is 7.10. The van der Waals surface area contributed by atoms with Gasteiger partial charge in [0.25, 0.3) is 5.89 Å². The molecule has 8 heteroatoms. The van der Waals surface area contributed by atoms with E-state index in [-0.39, 0.29) is 6.04 Å². The van der Waals surface area contributed by atoms with Crippen LogP contribution in [0.25, 0.3) is 17.0 Å². The molecule has 0 radical (unpaired) electrons. The number of ether oxygens (including phenoxy) is 2. The Balaban J connectivity index is 1.80. The number of benzene rings is 2. The molecule has 0 saturated carbocycles. The molecule has 0 amide bonds. The van der Waals surface area contributed by atoms with Gasteiger partial charge in [0, 0.05) is 17.8 Å². The third-order valence-electron chi connectivity index (χ3n) is 6.06. The molecule has 1 N–H and O–H groups in total. The minimum atomic E-state index is -0.281. The lowest BCUT2D eigenvalue weighted by molar-refractivity contribution is 0.354. The maximum absolute atomic E-state index is 5.82. The highest BCUT2D eigenvalue weighted by Crippen LogP contribution is 2.40. The van der Waals surface area contributed by atoms with Gasteiger partial charge in [0.05, 0.1) is 25.8 Å². The Labute approximate surface area is 205 Å². The van der Waals surface area contributed by atoms with E-state index in [0.29, 0.717) is 28.3 Å². The molecule has 4 rings (SSSR count). The summed E-state index contributed by atoms with van der Waals surface area (Å²) in [5, 5.41) is 8.43. The Morgan fingerprint density at radius 2 is 1.79 bits per heavy atom. The van der Waals surface area contributed by atoms with E-state index in [4.69, 9.17) is 31.2 Å². The summed E-state index contributed by atoms with van der Waals surface area (Å²) in [7, 11) is 3.25. The Bertz CT molecular complexity index is 1200. The van der Waals surface area contributed by atoms with Gasteiger partial charge < -0.3 is 24.2 Å². The first-order chi connectivity index (χ1) is 16.5. The summed E-state index contributed by atoms with van der Waals surface area (Å²) in [4.78, 5) is 6.87. The monoisotopic (exact) mass is 478 g/mol. The molecule has 2 heterocycles. The Morgan fingerprint density at radius 3 is 2.44 bits per heavy atom. The summed E-state index contributed by atoms with van der Waals surface area (Å²) < 4.78 is 16.8. The molecule has 0 fully saturated rings. The lowest BCUT2D eigenvalue weighted by atomic mass is 9.94. The van der Waals surface area contributed by atoms with Crippen LogP contribution in [0.2, 0.25) is 0 Å². The Hall–Kier alpha value is -3.39. The molecule has 7 nitrogen and oxygen atoms in total. The van der Waals surface area contributed by atoms with Crippen LogP contribution >= 0.6 is 12.2 Å². The number of methoxy groups -OCH3 is 2. The van der Waals surface area contributed by atoms with E-state index in [2.05, 4.69) is 41.4 Å². The van der Waals surface area contributed by atoms with Crippen molar-refractivity contribution in [3.63, 3.8) is 0 Å². The number of hydrogen-bond donors (Lipinski definition) is 1. The van der Waals surface area contributed by atoms with Crippen LogP contribution < -0.4 is 14.8 Å². The standard InChI is InChI=1S/C26H30N4O3S/c1-6-14-30-16(3)22(25-28-24(29-33-25)18-10-8-17(7-2)9-11-18)23(27-26(30)34)19-12-13-20(31-4)21(15-19)32-5/h8-13,15,23H,6-7,14H2,1-5H3,(H,27,34). The third-order valence-corrected chi connectivity index (χ3v) is 6.40. The smallest absolute Gasteiger partial charge is 0.258 e. The fourth-order valence-corrected chi connectivity index (χ4v) is 4.52. The number of rotatable bonds is 8. The molecule has 0 aliphatic carbocycles. The second-order valence-corrected chi connectivity index (χ2v) is 8.51. The van der Waals surface area contributed by atoms with Crippen LogP contribution in [0.4, 0.5) is 0 Å². The minimum absolute atomic E-state index is 0.281. The van der Waals surface area contributed by atoms with Gasteiger partial charge >= 0.3 is 0 Å². The highest BCUT2D eigenvalue weighted by atomic mass is 32.1. The van der Waals surface area contributed by atoms with Gasteiger partial charge in [-0.3, -0.25) is 0 Å². The predicted molar refractivity (Wildman–Crippen MR) is 137 cm³/mol. The SMILES string of the molecule is CCCN1C(=S)NC(c2ccc(OC)c(OC)c2)C(c2nc(-c3ccc(CC)cc3)no2)=C1C. The third kappa shape index (κ3) is 4.50. The van der Waals surface area contributed by atoms with Crippen molar-refractivity contribution in [2.45, 2.75) is 39.7 Å². The van der Waals surface area contributed by atoms with Gasteiger partial charge in [-0.25, -0.2) is 0 Å². The zero-order chi connectivity index (χ0) is 24.2. The Morgan fingerprint density at radius 1 is 1.06 bits per heavy atom. The van der Waals surface area contributed by atoms with Crippen molar-refractivity contribution in [1.29, 1.82) is 0 Å². The molecule has 1 aliphatic rings. The van der Waals surface area contributed by atoms with Crippen molar-refractivity contribution in [3.05, 3.63) is 65.2 Å². The van der Waals surface area contributed by atoms with E-state index in [1.807, 2.05) is 37.3 Å². The second-order valence-electron chi connectivity index (χ2n) is 8.12. The molecular weight excluding hydrogens is 448 g/mol. The number of aryl methyl sites for hydroxylation is 1. The van der Waals surface area contributed by atoms with Gasteiger partial charge in [-0.1, -0.05) is 49.3 Å². The van der Waals surface area contributed by atoms with E-state index in [1.165, 1.54) is 5.56 Å². The summed E-state index contributed by atoms with van der Waals surface area (Å²) in [6, 6.07) is 13.8. The van der Waals surface area contributed by atoms with Crippen LogP contribution in [0, 0.1) is 0 Å². The fourth-order valence-electron chi connectivity index (χ4n) is 4.17. The van der Waals surface area contributed by atoms with Crippen LogP contribution in [0.5, 0.6) is 11.5 Å². The Kier molecular flexibility index (Phi) is 7.17. The van der Waals surface area contributed by atoms with Gasteiger partial charge in [0.1, 0.15) is 0 Å². The average molecular weight is 479 g/mol. The van der Waals surface area contributed by atoms with Crippen molar-refractivity contribution in [1.82, 2.24) is 20.4 Å². The van der Waals surface area contributed by atoms with E-state index in [9.17, 15) is 0 Å². The summed E-state index contributed by atoms with van der Waals surface area (Å²) in [6.07, 6.45) is 1.93. The molecule has 3 aromatic rings. The maximum Gasteiger partial charge on any atom is 0.258 e. The van der Waals surface area contributed by atoms with Gasteiger partial charge in [-0.2, -0.15) is 4.98 Å². The predicted octanol–water partition coefficient (Wildman–Crippen LogP) is 5.39. The molecule has 1 unspecified atom stereocenters. The molecular formula is C26H30N4O3S. The van der Waals surface area contributed by atoms with Crippen LogP contribution in [-0.4, -0.2) is 40.9 Å². The molecule has 1 atom stereocenters. The van der Waals surface area contributed by atoms with Gasteiger partial charge in [0.15, 0.2) is 16.6 Å². The molecule has 1 aliphatic heterocycles. The van der Waals surface area contributed by atoms with Gasteiger partial charge in [-0.05, 0) is 55.2 Å². The van der Waals surface area contributed by atoms with Crippen molar-refractivity contribution in [3.8, 4) is 22.9 Å². The molecule has 178 valence electrons. The highest BCUT2D eigenvalue weighted by molar-refractivity contribution is 7.80. The topological polar surface area (TPSA) is 72.7 Å². The molecule has 2 aromatic carbocycles. The van der Waals surface area contributed by atoms with Crippen molar-refractivity contribution in [2.75, 3.05) is 20.8 Å². The van der Waals surface area contributed by atoms with Gasteiger partial charge in [-0.15, -0.1) is 0 Å². The number of hydrogen-bond acceptors (Lipinski definition) is 6. The second kappa shape index (κ2) is 10.3. The van der Waals surface area contributed by atoms with Crippen LogP contribution in [-0.2, 0) is 6.42 Å². The van der Waals surface area contributed by atoms with E-state index < -0.39 is 0 Å². The molecule has 0 bridgehead atoms. The first-order valence-corrected chi connectivity index (χ1v) is 11.9. The fraction of sp³-hybridized carbons (Fsp3) is 0.346. The van der Waals surface area contributed by atoms with Crippen LogP contribution in [0.1, 0.15) is 50.3 Å². The lowest BCUT2D eigenvalue weighted by Crippen LogP contribution is -2.46. The average Bonchev–Trinajstić information content (AvgIpc) is 3.35. The molecule has 1 aromatic heterocycles. The summed E-state index contributed by atoms with van der Waals surface area (Å²) in [5.41, 5.74) is 5.01. The van der Waals surface area contributed by atoms with E-state index >= 15 is 0 Å². The van der Waals surface area contributed by atoms with Crippen molar-refractivity contribution in [2.24, 2.45) is 0 Å². The molecule has 0 spiro atoms. The lowest BCUT2D eigenvalue weighted by Gasteiger charge is -2.37. The first kappa shape index (κ1) is 23.8. The van der Waals surface area contributed by atoms with E-state index in [1.54, 1.807) is 14.2 Å². The number of nitrogens with one attached hydrogen (secondary N) is 1. The number of nitrogens with zero attached hydrogens (tertiary/aromatic N) is 3. The number of thiocarbonyl (C=S) groups is 1. The van der Waals surface area contributed by atoms with Crippen molar-refractivity contribution >= 4 is 22.9 Å². The zero-order valence-corrected chi connectivity index (χ0v) is 21.0. The van der Waals surface area contributed by atoms with Crippen LogP contribution in [0.15, 0.2) is 52.7 Å². The summed E-state index contributed by atoms with van der Waals surface area (Å²) in [5.74, 6) is 2.32. The normalized spacial score (nSPS) is 16.0. The summed E-state index contributed by atoms with van der Waals surface area (Å²) >= 11 is 5.72. The minimum Gasteiger partial charge on any atom is -0.493 e. The van der Waals surface area contributed by atoms with Crippen molar-refractivity contribution < 1.29 is 14.0 Å². The zero-order valence-electron chi connectivity index (χ0n) is 20.2. The molecule has 34 heavy (non-hydrogen) atoms. The first-order valence-electron chi connectivity index (χ1n) is 11.4. The quantitative estimate of drug-likeness (QED) is 0.432. The molecule has 0 saturated heterocycles. The van der Waals surface area contributed by atoms with Crippen LogP contribution in [0.3, 0.4) is 0 Å². The van der Waals surface area contributed by atoms with Gasteiger partial charge in [0.2, 0.25) is 5.82 Å².